The molecule has 0 unspecified atom stereocenters. The van der Waals surface area contributed by atoms with E-state index < -0.39 is 22.0 Å². The van der Waals surface area contributed by atoms with E-state index in [1.54, 1.807) is 48.5 Å². The number of ether oxygens (including phenoxy) is 1. The van der Waals surface area contributed by atoms with Gasteiger partial charge in [0, 0.05) is 23.7 Å². The summed E-state index contributed by atoms with van der Waals surface area (Å²) in [7, 11) is -2.33. The number of esters is 1. The Morgan fingerprint density at radius 1 is 0.914 bits per heavy atom. The minimum Gasteiger partial charge on any atom is -0.467 e. The molecule has 1 atom stereocenters. The van der Waals surface area contributed by atoms with E-state index in [0.717, 1.165) is 11.1 Å². The monoisotopic (exact) mass is 488 g/mol. The van der Waals surface area contributed by atoms with Gasteiger partial charge in [-0.3, -0.25) is 4.72 Å². The third-order valence-corrected chi connectivity index (χ3v) is 6.64. The first kappa shape index (κ1) is 23.9. The van der Waals surface area contributed by atoms with Crippen molar-refractivity contribution in [3.63, 3.8) is 0 Å². The Labute approximate surface area is 204 Å². The molecule has 0 bridgehead atoms. The third-order valence-electron chi connectivity index (χ3n) is 5.24. The Kier molecular flexibility index (Phi) is 7.37. The number of carbonyl (C=O) groups is 1. The van der Waals surface area contributed by atoms with Crippen molar-refractivity contribution in [1.82, 2.24) is 9.97 Å². The molecular weight excluding hydrogens is 464 g/mol. The summed E-state index contributed by atoms with van der Waals surface area (Å²) in [6.07, 6.45) is 1.84. The summed E-state index contributed by atoms with van der Waals surface area (Å²) in [6.45, 7) is 0. The van der Waals surface area contributed by atoms with Crippen molar-refractivity contribution in [2.45, 2.75) is 17.4 Å². The van der Waals surface area contributed by atoms with Crippen LogP contribution in [0.2, 0.25) is 0 Å². The van der Waals surface area contributed by atoms with Gasteiger partial charge in [0.2, 0.25) is 0 Å². The largest absolute Gasteiger partial charge is 0.467 e. The number of aromatic nitrogens is 2. The topological polar surface area (TPSA) is 110 Å². The van der Waals surface area contributed by atoms with E-state index in [9.17, 15) is 13.2 Å². The van der Waals surface area contributed by atoms with Gasteiger partial charge < -0.3 is 10.1 Å². The molecular formula is C26H24N4O4S. The van der Waals surface area contributed by atoms with Crippen LogP contribution in [0.3, 0.4) is 0 Å². The van der Waals surface area contributed by atoms with Crippen LogP contribution in [0, 0.1) is 0 Å². The zero-order valence-electron chi connectivity index (χ0n) is 19.0. The van der Waals surface area contributed by atoms with Gasteiger partial charge in [-0.15, -0.1) is 0 Å². The normalized spacial score (nSPS) is 11.9. The highest BCUT2D eigenvalue weighted by atomic mass is 32.2. The Balaban J connectivity index is 1.49. The molecule has 178 valence electrons. The lowest BCUT2D eigenvalue weighted by molar-refractivity contribution is -0.141. The number of carbonyl (C=O) groups excluding carboxylic acids is 1. The van der Waals surface area contributed by atoms with Crippen LogP contribution in [0.25, 0.3) is 11.3 Å². The van der Waals surface area contributed by atoms with E-state index in [2.05, 4.69) is 20.0 Å². The van der Waals surface area contributed by atoms with Crippen molar-refractivity contribution in [2.75, 3.05) is 17.1 Å². The van der Waals surface area contributed by atoms with Crippen LogP contribution in [0.15, 0.2) is 102 Å². The van der Waals surface area contributed by atoms with Crippen LogP contribution in [-0.4, -0.2) is 37.5 Å². The van der Waals surface area contributed by atoms with Gasteiger partial charge in [0.15, 0.2) is 0 Å². The maximum atomic E-state index is 12.5. The van der Waals surface area contributed by atoms with E-state index >= 15 is 0 Å². The highest BCUT2D eigenvalue weighted by molar-refractivity contribution is 7.92. The lowest BCUT2D eigenvalue weighted by Crippen LogP contribution is -2.33. The predicted molar refractivity (Wildman–Crippen MR) is 134 cm³/mol. The zero-order valence-corrected chi connectivity index (χ0v) is 19.8. The molecule has 9 heteroatoms. The molecule has 0 amide bonds. The molecule has 0 radical (unpaired) electrons. The van der Waals surface area contributed by atoms with Crippen LogP contribution >= 0.6 is 0 Å². The Morgan fingerprint density at radius 2 is 1.57 bits per heavy atom. The maximum absolute atomic E-state index is 12.5. The Morgan fingerprint density at radius 3 is 2.23 bits per heavy atom. The average molecular weight is 489 g/mol. The summed E-state index contributed by atoms with van der Waals surface area (Å²) < 4.78 is 32.6. The number of benzene rings is 3. The minimum absolute atomic E-state index is 0.186. The molecule has 0 aliphatic heterocycles. The standard InChI is InChI=1S/C26H24N4O4S/c1-34-26(31)24(16-19-8-4-2-5-9-19)29-25-17-23(27-18-28-25)20-12-14-21(15-13-20)30-35(32,33)22-10-6-3-7-11-22/h2-15,17-18,24,30H,16H2,1H3,(H,27,28,29)/t24-/m0/s1. The quantitative estimate of drug-likeness (QED) is 0.341. The van der Waals surface area contributed by atoms with Gasteiger partial charge in [-0.05, 0) is 29.8 Å². The number of anilines is 2. The van der Waals surface area contributed by atoms with E-state index in [0.29, 0.717) is 23.6 Å². The second kappa shape index (κ2) is 10.8. The molecule has 8 nitrogen and oxygen atoms in total. The molecule has 0 fully saturated rings. The van der Waals surface area contributed by atoms with Gasteiger partial charge in [0.25, 0.3) is 10.0 Å². The first-order valence-corrected chi connectivity index (χ1v) is 12.3. The number of hydrogen-bond donors (Lipinski definition) is 2. The van der Waals surface area contributed by atoms with Crippen LogP contribution in [-0.2, 0) is 26.0 Å². The van der Waals surface area contributed by atoms with E-state index in [1.807, 2.05) is 30.3 Å². The average Bonchev–Trinajstić information content (AvgIpc) is 2.89. The number of rotatable bonds is 9. The van der Waals surface area contributed by atoms with Gasteiger partial charge in [0.1, 0.15) is 18.2 Å². The summed E-state index contributed by atoms with van der Waals surface area (Å²) >= 11 is 0. The lowest BCUT2D eigenvalue weighted by atomic mass is 10.1. The van der Waals surface area contributed by atoms with Crippen LogP contribution in [0.5, 0.6) is 0 Å². The summed E-state index contributed by atoms with van der Waals surface area (Å²) in [6, 6.07) is 25.7. The smallest absolute Gasteiger partial charge is 0.328 e. The SMILES string of the molecule is COC(=O)[C@H](Cc1ccccc1)Nc1cc(-c2ccc(NS(=O)(=O)c3ccccc3)cc2)ncn1. The molecule has 3 aromatic carbocycles. The minimum atomic E-state index is -3.68. The fourth-order valence-corrected chi connectivity index (χ4v) is 4.56. The van der Waals surface area contributed by atoms with Crippen LogP contribution in [0.4, 0.5) is 11.5 Å². The van der Waals surface area contributed by atoms with Crippen molar-refractivity contribution in [1.29, 1.82) is 0 Å². The first-order valence-electron chi connectivity index (χ1n) is 10.8. The fourth-order valence-electron chi connectivity index (χ4n) is 3.48. The maximum Gasteiger partial charge on any atom is 0.328 e. The van der Waals surface area contributed by atoms with Gasteiger partial charge in [0.05, 0.1) is 17.7 Å². The Bertz CT molecular complexity index is 1380. The molecule has 0 saturated heterocycles. The molecule has 1 aromatic heterocycles. The molecule has 0 spiro atoms. The molecule has 4 aromatic rings. The van der Waals surface area contributed by atoms with Gasteiger partial charge >= 0.3 is 5.97 Å². The molecule has 0 aliphatic carbocycles. The van der Waals surface area contributed by atoms with Crippen molar-refractivity contribution in [2.24, 2.45) is 0 Å². The van der Waals surface area contributed by atoms with Crippen LogP contribution < -0.4 is 10.0 Å². The number of sulfonamides is 1. The second-order valence-corrected chi connectivity index (χ2v) is 9.38. The van der Waals surface area contributed by atoms with E-state index in [-0.39, 0.29) is 4.90 Å². The number of nitrogens with one attached hydrogen (secondary N) is 2. The molecule has 4 rings (SSSR count). The summed E-state index contributed by atoms with van der Waals surface area (Å²) in [4.78, 5) is 21.1. The van der Waals surface area contributed by atoms with Gasteiger partial charge in [-0.25, -0.2) is 23.2 Å². The lowest BCUT2D eigenvalue weighted by Gasteiger charge is -2.17. The highest BCUT2D eigenvalue weighted by Gasteiger charge is 2.20. The van der Waals surface area contributed by atoms with Gasteiger partial charge in [-0.2, -0.15) is 0 Å². The van der Waals surface area contributed by atoms with E-state index in [1.165, 1.54) is 25.6 Å². The Hall–Kier alpha value is -4.24. The third kappa shape index (κ3) is 6.21. The molecule has 0 aliphatic rings. The second-order valence-electron chi connectivity index (χ2n) is 7.69. The molecule has 0 saturated carbocycles. The number of methoxy groups -OCH3 is 1. The zero-order chi connectivity index (χ0) is 24.7. The molecule has 1 heterocycles. The fraction of sp³-hybridized carbons (Fsp3) is 0.115. The number of nitrogens with zero attached hydrogens (tertiary/aromatic N) is 2. The van der Waals surface area contributed by atoms with Crippen molar-refractivity contribution in [3.8, 4) is 11.3 Å². The molecule has 35 heavy (non-hydrogen) atoms. The van der Waals surface area contributed by atoms with Crippen LogP contribution in [0.1, 0.15) is 5.56 Å². The van der Waals surface area contributed by atoms with Gasteiger partial charge in [-0.1, -0.05) is 60.7 Å². The van der Waals surface area contributed by atoms with Crippen molar-refractivity contribution in [3.05, 3.63) is 103 Å². The highest BCUT2D eigenvalue weighted by Crippen LogP contribution is 2.23. The van der Waals surface area contributed by atoms with E-state index in [4.69, 9.17) is 4.74 Å². The predicted octanol–water partition coefficient (Wildman–Crippen LogP) is 4.14. The molecule has 2 N–H and O–H groups in total. The summed E-state index contributed by atoms with van der Waals surface area (Å²) in [5.74, 6) is 0.0688. The number of hydrogen-bond acceptors (Lipinski definition) is 7. The van der Waals surface area contributed by atoms with Crippen molar-refractivity contribution >= 4 is 27.5 Å². The summed E-state index contributed by atoms with van der Waals surface area (Å²) in [5.41, 5.74) is 2.79. The first-order chi connectivity index (χ1) is 16.9. The van der Waals surface area contributed by atoms with Crippen molar-refractivity contribution < 1.29 is 17.9 Å². The summed E-state index contributed by atoms with van der Waals surface area (Å²) in [5, 5.41) is 3.13.